The van der Waals surface area contributed by atoms with Gasteiger partial charge in [-0.3, -0.25) is 0 Å². The largest absolute Gasteiger partial charge is 0.497 e. The molecule has 1 saturated carbocycles. The highest BCUT2D eigenvalue weighted by molar-refractivity contribution is 5.82. The second kappa shape index (κ2) is 6.13. The molecule has 0 heterocycles. The van der Waals surface area contributed by atoms with Crippen LogP contribution in [0, 0.1) is 5.92 Å². The van der Waals surface area contributed by atoms with Crippen molar-refractivity contribution in [2.75, 3.05) is 27.9 Å². The zero-order valence-electron chi connectivity index (χ0n) is 12.1. The maximum Gasteiger partial charge on any atom is 0.329 e. The molecule has 1 atom stereocenters. The minimum Gasteiger partial charge on any atom is -0.497 e. The maximum absolute atomic E-state index is 12.1. The molecule has 1 N–H and O–H groups in total. The first kappa shape index (κ1) is 14.7. The lowest BCUT2D eigenvalue weighted by atomic mass is 9.94. The molecule has 1 aliphatic rings. The van der Waals surface area contributed by atoms with Gasteiger partial charge < -0.3 is 19.5 Å². The van der Waals surface area contributed by atoms with Gasteiger partial charge in [0.2, 0.25) is 0 Å². The van der Waals surface area contributed by atoms with E-state index in [9.17, 15) is 4.79 Å². The number of carbonyl (C=O) groups is 1. The van der Waals surface area contributed by atoms with Gasteiger partial charge in [-0.25, -0.2) is 4.79 Å². The van der Waals surface area contributed by atoms with Gasteiger partial charge in [-0.15, -0.1) is 0 Å². The zero-order chi connectivity index (χ0) is 14.6. The molecular formula is C15H21NO4. The molecule has 1 aromatic carbocycles. The summed E-state index contributed by atoms with van der Waals surface area (Å²) in [4.78, 5) is 12.1. The van der Waals surface area contributed by atoms with Crippen LogP contribution in [0.3, 0.4) is 0 Å². The number of carbonyl (C=O) groups excluding carboxylic acids is 1. The second-order valence-electron chi connectivity index (χ2n) is 4.95. The van der Waals surface area contributed by atoms with Crippen molar-refractivity contribution >= 4 is 5.97 Å². The molecule has 0 radical (unpaired) electrons. The molecule has 5 nitrogen and oxygen atoms in total. The quantitative estimate of drug-likeness (QED) is 0.769. The average Bonchev–Trinajstić information content (AvgIpc) is 3.33. The second-order valence-corrected chi connectivity index (χ2v) is 4.95. The normalized spacial score (nSPS) is 17.1. The van der Waals surface area contributed by atoms with Crippen molar-refractivity contribution in [3.8, 4) is 11.5 Å². The van der Waals surface area contributed by atoms with Gasteiger partial charge in [0.15, 0.2) is 5.54 Å². The van der Waals surface area contributed by atoms with E-state index in [1.54, 1.807) is 20.2 Å². The van der Waals surface area contributed by atoms with E-state index in [2.05, 4.69) is 5.32 Å². The van der Waals surface area contributed by atoms with Crippen molar-refractivity contribution in [1.29, 1.82) is 0 Å². The van der Waals surface area contributed by atoms with Crippen LogP contribution >= 0.6 is 0 Å². The third kappa shape index (κ3) is 2.88. The van der Waals surface area contributed by atoms with Gasteiger partial charge in [-0.1, -0.05) is 6.07 Å². The molecule has 0 bridgehead atoms. The number of likely N-dealkylation sites (N-methyl/N-ethyl adjacent to an activating group) is 1. The molecule has 1 fully saturated rings. The van der Waals surface area contributed by atoms with Crippen LogP contribution in [-0.2, 0) is 9.53 Å². The molecule has 0 spiro atoms. The van der Waals surface area contributed by atoms with Gasteiger partial charge in [-0.05, 0) is 37.9 Å². The molecule has 0 amide bonds. The fourth-order valence-electron chi connectivity index (χ4n) is 2.37. The van der Waals surface area contributed by atoms with Gasteiger partial charge in [0, 0.05) is 6.07 Å². The molecule has 0 saturated heterocycles. The molecule has 2 rings (SSSR count). The summed E-state index contributed by atoms with van der Waals surface area (Å²) < 4.78 is 15.9. The van der Waals surface area contributed by atoms with Gasteiger partial charge >= 0.3 is 5.97 Å². The lowest BCUT2D eigenvalue weighted by Crippen LogP contribution is -2.57. The number of hydrogen-bond acceptors (Lipinski definition) is 5. The molecule has 0 aliphatic heterocycles. The van der Waals surface area contributed by atoms with Crippen LogP contribution in [0.2, 0.25) is 0 Å². The van der Waals surface area contributed by atoms with E-state index in [1.807, 2.05) is 18.2 Å². The highest BCUT2D eigenvalue weighted by Gasteiger charge is 2.51. The van der Waals surface area contributed by atoms with Gasteiger partial charge in [-0.2, -0.15) is 0 Å². The van der Waals surface area contributed by atoms with E-state index in [0.29, 0.717) is 5.75 Å². The standard InChI is InChI=1S/C15H21NO4/c1-16-15(11-7-8-11,14(17)19-3)10-20-13-6-4-5-12(9-13)18-2/h4-6,9,11,16H,7-8,10H2,1-3H3. The summed E-state index contributed by atoms with van der Waals surface area (Å²) >= 11 is 0. The first-order valence-corrected chi connectivity index (χ1v) is 6.70. The third-order valence-corrected chi connectivity index (χ3v) is 3.78. The lowest BCUT2D eigenvalue weighted by Gasteiger charge is -2.30. The average molecular weight is 279 g/mol. The predicted octanol–water partition coefficient (Wildman–Crippen LogP) is 1.62. The number of nitrogens with one attached hydrogen (secondary N) is 1. The summed E-state index contributed by atoms with van der Waals surface area (Å²) in [7, 11) is 4.78. The molecule has 110 valence electrons. The van der Waals surface area contributed by atoms with Gasteiger partial charge in [0.05, 0.1) is 14.2 Å². The summed E-state index contributed by atoms with van der Waals surface area (Å²) in [6.07, 6.45) is 2.02. The van der Waals surface area contributed by atoms with E-state index in [-0.39, 0.29) is 18.5 Å². The van der Waals surface area contributed by atoms with Crippen LogP contribution < -0.4 is 14.8 Å². The summed E-state index contributed by atoms with van der Waals surface area (Å²) in [5, 5.41) is 3.10. The van der Waals surface area contributed by atoms with Crippen LogP contribution in [0.25, 0.3) is 0 Å². The van der Waals surface area contributed by atoms with Crippen LogP contribution in [0.5, 0.6) is 11.5 Å². The highest BCUT2D eigenvalue weighted by atomic mass is 16.5. The van der Waals surface area contributed by atoms with Crippen molar-refractivity contribution in [2.24, 2.45) is 5.92 Å². The Balaban J connectivity index is 2.10. The fourth-order valence-corrected chi connectivity index (χ4v) is 2.37. The minimum atomic E-state index is -0.766. The maximum atomic E-state index is 12.1. The topological polar surface area (TPSA) is 56.8 Å². The summed E-state index contributed by atoms with van der Waals surface area (Å²) in [6.45, 7) is 0.244. The minimum absolute atomic E-state index is 0.244. The number of ether oxygens (including phenoxy) is 3. The van der Waals surface area contributed by atoms with Crippen molar-refractivity contribution < 1.29 is 19.0 Å². The molecule has 20 heavy (non-hydrogen) atoms. The Morgan fingerprint density at radius 1 is 1.35 bits per heavy atom. The Hall–Kier alpha value is -1.75. The van der Waals surface area contributed by atoms with Crippen molar-refractivity contribution in [3.05, 3.63) is 24.3 Å². The Morgan fingerprint density at radius 2 is 2.05 bits per heavy atom. The summed E-state index contributed by atoms with van der Waals surface area (Å²) in [5.41, 5.74) is -0.766. The Morgan fingerprint density at radius 3 is 2.60 bits per heavy atom. The zero-order valence-corrected chi connectivity index (χ0v) is 12.1. The molecule has 1 aliphatic carbocycles. The number of esters is 1. The predicted molar refractivity (Wildman–Crippen MR) is 75.0 cm³/mol. The number of hydrogen-bond donors (Lipinski definition) is 1. The van der Waals surface area contributed by atoms with Gasteiger partial charge in [0.25, 0.3) is 0 Å². The van der Waals surface area contributed by atoms with Crippen molar-refractivity contribution in [1.82, 2.24) is 5.32 Å². The smallest absolute Gasteiger partial charge is 0.329 e. The monoisotopic (exact) mass is 279 g/mol. The van der Waals surface area contributed by atoms with E-state index in [1.165, 1.54) is 7.11 Å². The molecule has 1 unspecified atom stereocenters. The van der Waals surface area contributed by atoms with Crippen molar-refractivity contribution in [3.63, 3.8) is 0 Å². The van der Waals surface area contributed by atoms with Gasteiger partial charge in [0.1, 0.15) is 18.1 Å². The molecular weight excluding hydrogens is 258 g/mol. The van der Waals surface area contributed by atoms with Crippen LogP contribution in [0.15, 0.2) is 24.3 Å². The molecule has 1 aromatic rings. The van der Waals surface area contributed by atoms with E-state index in [4.69, 9.17) is 14.2 Å². The lowest BCUT2D eigenvalue weighted by molar-refractivity contribution is -0.151. The summed E-state index contributed by atoms with van der Waals surface area (Å²) in [6, 6.07) is 7.33. The van der Waals surface area contributed by atoms with Crippen molar-refractivity contribution in [2.45, 2.75) is 18.4 Å². The SMILES string of the molecule is CNC(COc1cccc(OC)c1)(C(=O)OC)C1CC1. The Labute approximate surface area is 119 Å². The van der Waals surface area contributed by atoms with Crippen LogP contribution in [0.4, 0.5) is 0 Å². The first-order valence-electron chi connectivity index (χ1n) is 6.70. The fraction of sp³-hybridized carbons (Fsp3) is 0.533. The molecule has 0 aromatic heterocycles. The van der Waals surface area contributed by atoms with Crippen LogP contribution in [-0.4, -0.2) is 39.4 Å². The number of methoxy groups -OCH3 is 2. The van der Waals surface area contributed by atoms with Crippen LogP contribution in [0.1, 0.15) is 12.8 Å². The number of rotatable bonds is 7. The third-order valence-electron chi connectivity index (χ3n) is 3.78. The molecule has 5 heteroatoms. The Bertz CT molecular complexity index is 473. The highest BCUT2D eigenvalue weighted by Crippen LogP contribution is 2.40. The first-order chi connectivity index (χ1) is 9.66. The number of benzene rings is 1. The van der Waals surface area contributed by atoms with E-state index in [0.717, 1.165) is 18.6 Å². The Kier molecular flexibility index (Phi) is 4.49. The summed E-state index contributed by atoms with van der Waals surface area (Å²) in [5.74, 6) is 1.39. The van der Waals surface area contributed by atoms with E-state index < -0.39 is 5.54 Å². The van der Waals surface area contributed by atoms with E-state index >= 15 is 0 Å².